The van der Waals surface area contributed by atoms with Gasteiger partial charge in [0.25, 0.3) is 0 Å². The highest BCUT2D eigenvalue weighted by Gasteiger charge is 2.07. The van der Waals surface area contributed by atoms with Crippen LogP contribution in [0.3, 0.4) is 0 Å². The molecule has 0 saturated heterocycles. The number of nitrogens with zero attached hydrogens (tertiary/aromatic N) is 2. The molecular formula is C25H24N2O4. The molecule has 31 heavy (non-hydrogen) atoms. The van der Waals surface area contributed by atoms with Crippen molar-refractivity contribution in [1.82, 2.24) is 9.88 Å². The molecule has 0 radical (unpaired) electrons. The largest absolute Gasteiger partial charge is 0.489 e. The van der Waals surface area contributed by atoms with Gasteiger partial charge >= 0.3 is 5.63 Å². The Bertz CT molecular complexity index is 1200. The molecule has 0 spiro atoms. The van der Waals surface area contributed by atoms with Crippen LogP contribution in [-0.4, -0.2) is 22.0 Å². The minimum absolute atomic E-state index is 0.216. The monoisotopic (exact) mass is 416 g/mol. The molecule has 0 aliphatic heterocycles. The van der Waals surface area contributed by atoms with Gasteiger partial charge < -0.3 is 14.3 Å². The molecule has 0 amide bonds. The topological polar surface area (TPSA) is 75.8 Å². The predicted octanol–water partition coefficient (Wildman–Crippen LogP) is 3.89. The summed E-state index contributed by atoms with van der Waals surface area (Å²) >= 11 is 0. The number of fused-ring (bicyclic) bond motifs is 1. The van der Waals surface area contributed by atoms with Gasteiger partial charge in [0.05, 0.1) is 6.61 Å². The first-order chi connectivity index (χ1) is 15.1. The van der Waals surface area contributed by atoms with Gasteiger partial charge in [0.15, 0.2) is 0 Å². The van der Waals surface area contributed by atoms with Gasteiger partial charge in [0, 0.05) is 43.0 Å². The second kappa shape index (κ2) is 9.55. The summed E-state index contributed by atoms with van der Waals surface area (Å²) < 4.78 is 11.1. The van der Waals surface area contributed by atoms with Crippen LogP contribution >= 0.6 is 0 Å². The van der Waals surface area contributed by atoms with Crippen LogP contribution in [0.4, 0.5) is 0 Å². The molecule has 6 nitrogen and oxygen atoms in total. The average molecular weight is 416 g/mol. The van der Waals surface area contributed by atoms with Gasteiger partial charge in [-0.2, -0.15) is 0 Å². The Morgan fingerprint density at radius 2 is 1.61 bits per heavy atom. The van der Waals surface area contributed by atoms with Crippen molar-refractivity contribution in [3.63, 3.8) is 0 Å². The highest BCUT2D eigenvalue weighted by Crippen LogP contribution is 2.23. The van der Waals surface area contributed by atoms with Gasteiger partial charge in [-0.05, 0) is 53.6 Å². The number of hydrogen-bond donors (Lipinski definition) is 1. The Hall–Kier alpha value is -3.48. The Balaban J connectivity index is 1.36. The van der Waals surface area contributed by atoms with E-state index in [-0.39, 0.29) is 6.61 Å². The molecule has 1 N–H and O–H groups in total. The second-order valence-electron chi connectivity index (χ2n) is 7.54. The summed E-state index contributed by atoms with van der Waals surface area (Å²) in [6, 6.07) is 19.0. The fraction of sp³-hybridized carbons (Fsp3) is 0.200. The van der Waals surface area contributed by atoms with Crippen molar-refractivity contribution in [2.75, 3.05) is 7.05 Å². The number of ether oxygens (including phenoxy) is 1. The van der Waals surface area contributed by atoms with E-state index in [0.717, 1.165) is 18.7 Å². The van der Waals surface area contributed by atoms with E-state index < -0.39 is 5.63 Å². The van der Waals surface area contributed by atoms with E-state index in [0.29, 0.717) is 28.9 Å². The molecule has 4 rings (SSSR count). The molecule has 158 valence electrons. The number of aromatic nitrogens is 1. The number of aliphatic hydroxyl groups is 1. The lowest BCUT2D eigenvalue weighted by atomic mass is 10.1. The first-order valence-electron chi connectivity index (χ1n) is 10.1. The van der Waals surface area contributed by atoms with Crippen LogP contribution in [0.25, 0.3) is 11.0 Å². The lowest BCUT2D eigenvalue weighted by Crippen LogP contribution is -2.17. The zero-order valence-electron chi connectivity index (χ0n) is 17.3. The molecule has 6 heteroatoms. The summed E-state index contributed by atoms with van der Waals surface area (Å²) in [6.45, 7) is 1.90. The van der Waals surface area contributed by atoms with Crippen molar-refractivity contribution in [3.8, 4) is 5.75 Å². The second-order valence-corrected chi connectivity index (χ2v) is 7.54. The van der Waals surface area contributed by atoms with Gasteiger partial charge in [-0.1, -0.05) is 24.3 Å². The van der Waals surface area contributed by atoms with Gasteiger partial charge in [0.2, 0.25) is 0 Å². The van der Waals surface area contributed by atoms with Crippen LogP contribution in [0.1, 0.15) is 22.3 Å². The number of pyridine rings is 1. The van der Waals surface area contributed by atoms with E-state index in [1.165, 1.54) is 17.2 Å². The number of benzene rings is 2. The number of aliphatic hydroxyl groups excluding tert-OH is 1. The highest BCUT2D eigenvalue weighted by atomic mass is 16.5. The Morgan fingerprint density at radius 3 is 2.32 bits per heavy atom. The molecule has 4 aromatic rings. The quantitative estimate of drug-likeness (QED) is 0.439. The SMILES string of the molecule is CN(Cc1ccncc1)Cc1ccc(COc2ccc3c(CO)cc(=O)oc3c2)cc1. The summed E-state index contributed by atoms with van der Waals surface area (Å²) in [4.78, 5) is 17.9. The van der Waals surface area contributed by atoms with Crippen LogP contribution in [-0.2, 0) is 26.3 Å². The van der Waals surface area contributed by atoms with E-state index in [1.54, 1.807) is 12.1 Å². The summed E-state index contributed by atoms with van der Waals surface area (Å²) in [7, 11) is 2.09. The van der Waals surface area contributed by atoms with Crippen LogP contribution in [0.5, 0.6) is 5.75 Å². The number of rotatable bonds is 8. The fourth-order valence-electron chi connectivity index (χ4n) is 3.51. The molecule has 0 aliphatic carbocycles. The third-order valence-corrected chi connectivity index (χ3v) is 5.05. The lowest BCUT2D eigenvalue weighted by Gasteiger charge is -2.17. The molecule has 2 aromatic carbocycles. The smallest absolute Gasteiger partial charge is 0.336 e. The van der Waals surface area contributed by atoms with Crippen molar-refractivity contribution in [3.05, 3.63) is 106 Å². The van der Waals surface area contributed by atoms with Gasteiger partial charge in [0.1, 0.15) is 17.9 Å². The van der Waals surface area contributed by atoms with Crippen molar-refractivity contribution in [1.29, 1.82) is 0 Å². The number of hydrogen-bond acceptors (Lipinski definition) is 6. The highest BCUT2D eigenvalue weighted by molar-refractivity contribution is 5.81. The van der Waals surface area contributed by atoms with E-state index in [2.05, 4.69) is 41.2 Å². The minimum atomic E-state index is -0.488. The van der Waals surface area contributed by atoms with Crippen LogP contribution in [0.2, 0.25) is 0 Å². The van der Waals surface area contributed by atoms with Gasteiger partial charge in [-0.3, -0.25) is 9.88 Å². The van der Waals surface area contributed by atoms with E-state index >= 15 is 0 Å². The Labute approximate surface area is 180 Å². The third kappa shape index (κ3) is 5.36. The lowest BCUT2D eigenvalue weighted by molar-refractivity contribution is 0.282. The van der Waals surface area contributed by atoms with Crippen molar-refractivity contribution >= 4 is 11.0 Å². The summed E-state index contributed by atoms with van der Waals surface area (Å²) in [6.07, 6.45) is 3.62. The molecule has 0 aliphatic rings. The van der Waals surface area contributed by atoms with Gasteiger partial charge in [-0.15, -0.1) is 0 Å². The van der Waals surface area contributed by atoms with E-state index in [1.807, 2.05) is 30.6 Å². The summed E-state index contributed by atoms with van der Waals surface area (Å²) in [5, 5.41) is 10.1. The summed E-state index contributed by atoms with van der Waals surface area (Å²) in [5.41, 5.74) is 3.97. The molecule has 2 heterocycles. The predicted molar refractivity (Wildman–Crippen MR) is 119 cm³/mol. The van der Waals surface area contributed by atoms with E-state index in [4.69, 9.17) is 9.15 Å². The van der Waals surface area contributed by atoms with Crippen LogP contribution in [0.15, 0.2) is 82.3 Å². The molecule has 0 atom stereocenters. The maximum Gasteiger partial charge on any atom is 0.336 e. The normalized spacial score (nSPS) is 11.2. The zero-order valence-corrected chi connectivity index (χ0v) is 17.3. The standard InChI is InChI=1S/C25H24N2O4/c1-27(15-19-8-10-26-11-9-19)14-18-2-4-20(5-3-18)17-30-22-6-7-23-21(16-28)12-25(29)31-24(23)13-22/h2-13,28H,14-17H2,1H3. The fourth-order valence-corrected chi connectivity index (χ4v) is 3.51. The maximum absolute atomic E-state index is 11.6. The summed E-state index contributed by atoms with van der Waals surface area (Å²) in [5.74, 6) is 0.604. The molecule has 0 unspecified atom stereocenters. The molecular weight excluding hydrogens is 392 g/mol. The molecule has 0 fully saturated rings. The first kappa shape index (κ1) is 20.8. The Morgan fingerprint density at radius 1 is 0.935 bits per heavy atom. The van der Waals surface area contributed by atoms with Crippen molar-refractivity contribution in [2.45, 2.75) is 26.3 Å². The van der Waals surface area contributed by atoms with Gasteiger partial charge in [-0.25, -0.2) is 4.79 Å². The van der Waals surface area contributed by atoms with Crippen molar-refractivity contribution < 1.29 is 14.3 Å². The molecule has 0 bridgehead atoms. The van der Waals surface area contributed by atoms with Crippen LogP contribution < -0.4 is 10.4 Å². The molecule has 2 aromatic heterocycles. The van der Waals surface area contributed by atoms with Crippen molar-refractivity contribution in [2.24, 2.45) is 0 Å². The maximum atomic E-state index is 11.6. The minimum Gasteiger partial charge on any atom is -0.489 e. The Kier molecular flexibility index (Phi) is 6.40. The van der Waals surface area contributed by atoms with Crippen LogP contribution in [0, 0.1) is 0 Å². The zero-order chi connectivity index (χ0) is 21.6. The molecule has 0 saturated carbocycles. The average Bonchev–Trinajstić information content (AvgIpc) is 2.78. The third-order valence-electron chi connectivity index (χ3n) is 5.05. The van der Waals surface area contributed by atoms with E-state index in [9.17, 15) is 9.90 Å². The first-order valence-corrected chi connectivity index (χ1v) is 10.1.